The van der Waals surface area contributed by atoms with Gasteiger partial charge in [0.2, 0.25) is 5.95 Å². The Morgan fingerprint density at radius 1 is 1.14 bits per heavy atom. The van der Waals surface area contributed by atoms with Crippen molar-refractivity contribution in [1.82, 2.24) is 20.2 Å². The Kier molecular flexibility index (Phi) is 6.99. The molecule has 2 aromatic rings. The number of nitrogens with one attached hydrogen (secondary N) is 2. The average Bonchev–Trinajstić information content (AvgIpc) is 2.74. The van der Waals surface area contributed by atoms with Gasteiger partial charge in [-0.3, -0.25) is 4.79 Å². The Labute approximate surface area is 170 Å². The summed E-state index contributed by atoms with van der Waals surface area (Å²) in [4.78, 5) is 34.2. The van der Waals surface area contributed by atoms with Gasteiger partial charge in [0.25, 0.3) is 5.91 Å². The SMILES string of the molecule is CCOC(=O)N1CCC(Nc2ncc(C(=O)NCc3ccc(C)cc3)cn2)CC1. The monoisotopic (exact) mass is 397 g/mol. The van der Waals surface area contributed by atoms with E-state index < -0.39 is 0 Å². The molecule has 0 atom stereocenters. The molecule has 0 unspecified atom stereocenters. The second-order valence-electron chi connectivity index (χ2n) is 7.07. The van der Waals surface area contributed by atoms with Crippen molar-refractivity contribution in [2.45, 2.75) is 39.3 Å². The number of hydrogen-bond acceptors (Lipinski definition) is 6. The quantitative estimate of drug-likeness (QED) is 0.778. The van der Waals surface area contributed by atoms with Crippen LogP contribution in [0.1, 0.15) is 41.3 Å². The highest BCUT2D eigenvalue weighted by Gasteiger charge is 2.23. The van der Waals surface area contributed by atoms with Gasteiger partial charge in [0, 0.05) is 38.1 Å². The zero-order valence-corrected chi connectivity index (χ0v) is 16.9. The Bertz CT molecular complexity index is 815. The van der Waals surface area contributed by atoms with Gasteiger partial charge in [0.1, 0.15) is 0 Å². The Morgan fingerprint density at radius 3 is 2.41 bits per heavy atom. The van der Waals surface area contributed by atoms with Gasteiger partial charge in [-0.05, 0) is 32.3 Å². The molecule has 2 heterocycles. The predicted molar refractivity (Wildman–Crippen MR) is 110 cm³/mol. The van der Waals surface area contributed by atoms with Crippen molar-refractivity contribution in [3.63, 3.8) is 0 Å². The summed E-state index contributed by atoms with van der Waals surface area (Å²) in [6, 6.07) is 8.20. The minimum atomic E-state index is -0.261. The van der Waals surface area contributed by atoms with Crippen LogP contribution < -0.4 is 10.6 Å². The third kappa shape index (κ3) is 5.91. The number of likely N-dealkylation sites (tertiary alicyclic amines) is 1. The van der Waals surface area contributed by atoms with Gasteiger partial charge >= 0.3 is 6.09 Å². The standard InChI is InChI=1S/C21H27N5O3/c1-3-29-21(28)26-10-8-18(9-11-26)25-20-23-13-17(14-24-20)19(27)22-12-16-6-4-15(2)5-7-16/h4-7,13-14,18H,3,8-12H2,1-2H3,(H,22,27)(H,23,24,25). The lowest BCUT2D eigenvalue weighted by molar-refractivity contribution is 0.0949. The number of hydrogen-bond donors (Lipinski definition) is 2. The maximum atomic E-state index is 12.3. The van der Waals surface area contributed by atoms with Crippen molar-refractivity contribution in [2.75, 3.05) is 25.0 Å². The lowest BCUT2D eigenvalue weighted by Gasteiger charge is -2.31. The molecule has 0 radical (unpaired) electrons. The molecule has 1 fully saturated rings. The second kappa shape index (κ2) is 9.86. The summed E-state index contributed by atoms with van der Waals surface area (Å²) in [6.45, 7) is 5.94. The van der Waals surface area contributed by atoms with E-state index in [1.807, 2.05) is 31.2 Å². The largest absolute Gasteiger partial charge is 0.450 e. The van der Waals surface area contributed by atoms with Gasteiger partial charge in [-0.1, -0.05) is 29.8 Å². The van der Waals surface area contributed by atoms with Crippen LogP contribution in [0.5, 0.6) is 0 Å². The van der Waals surface area contributed by atoms with E-state index in [1.54, 1.807) is 11.8 Å². The molecular weight excluding hydrogens is 370 g/mol. The second-order valence-corrected chi connectivity index (χ2v) is 7.07. The maximum absolute atomic E-state index is 12.3. The van der Waals surface area contributed by atoms with E-state index in [9.17, 15) is 9.59 Å². The molecule has 2 amide bonds. The van der Waals surface area contributed by atoms with Crippen molar-refractivity contribution in [2.24, 2.45) is 0 Å². The molecular formula is C21H27N5O3. The number of aromatic nitrogens is 2. The van der Waals surface area contributed by atoms with E-state index in [4.69, 9.17) is 4.74 Å². The van der Waals surface area contributed by atoms with Crippen molar-refractivity contribution in [3.05, 3.63) is 53.3 Å². The summed E-state index contributed by atoms with van der Waals surface area (Å²) in [5, 5.41) is 6.14. The first kappa shape index (κ1) is 20.6. The van der Waals surface area contributed by atoms with Crippen LogP contribution >= 0.6 is 0 Å². The van der Waals surface area contributed by atoms with Crippen molar-refractivity contribution < 1.29 is 14.3 Å². The summed E-state index contributed by atoms with van der Waals surface area (Å²) in [7, 11) is 0. The highest BCUT2D eigenvalue weighted by Crippen LogP contribution is 2.15. The van der Waals surface area contributed by atoms with Crippen LogP contribution in [0.2, 0.25) is 0 Å². The number of nitrogens with zero attached hydrogens (tertiary/aromatic N) is 3. The molecule has 0 aliphatic carbocycles. The molecule has 0 bridgehead atoms. The van der Waals surface area contributed by atoms with Crippen molar-refractivity contribution >= 4 is 17.9 Å². The molecule has 1 aromatic heterocycles. The van der Waals surface area contributed by atoms with Crippen LogP contribution in [-0.4, -0.2) is 52.6 Å². The summed E-state index contributed by atoms with van der Waals surface area (Å²) in [5.41, 5.74) is 2.64. The molecule has 8 heteroatoms. The number of rotatable bonds is 6. The van der Waals surface area contributed by atoms with Gasteiger partial charge in [-0.15, -0.1) is 0 Å². The lowest BCUT2D eigenvalue weighted by atomic mass is 10.1. The van der Waals surface area contributed by atoms with Crippen LogP contribution in [0.15, 0.2) is 36.7 Å². The van der Waals surface area contributed by atoms with Crippen molar-refractivity contribution in [1.29, 1.82) is 0 Å². The van der Waals surface area contributed by atoms with E-state index >= 15 is 0 Å². The molecule has 0 saturated carbocycles. The number of carbonyl (C=O) groups excluding carboxylic acids is 2. The number of ether oxygens (including phenoxy) is 1. The lowest BCUT2D eigenvalue weighted by Crippen LogP contribution is -2.42. The molecule has 29 heavy (non-hydrogen) atoms. The van der Waals surface area contributed by atoms with Gasteiger partial charge in [-0.25, -0.2) is 14.8 Å². The van der Waals surface area contributed by atoms with Crippen LogP contribution in [0.4, 0.5) is 10.7 Å². The predicted octanol–water partition coefficient (Wildman–Crippen LogP) is 2.75. The number of piperidine rings is 1. The summed E-state index contributed by atoms with van der Waals surface area (Å²) in [5.74, 6) is 0.273. The van der Waals surface area contributed by atoms with Gasteiger partial charge in [-0.2, -0.15) is 0 Å². The van der Waals surface area contributed by atoms with E-state index in [0.717, 1.165) is 18.4 Å². The third-order valence-corrected chi connectivity index (χ3v) is 4.84. The molecule has 8 nitrogen and oxygen atoms in total. The molecule has 3 rings (SSSR count). The highest BCUT2D eigenvalue weighted by atomic mass is 16.6. The fraction of sp³-hybridized carbons (Fsp3) is 0.429. The third-order valence-electron chi connectivity index (χ3n) is 4.84. The zero-order chi connectivity index (χ0) is 20.6. The van der Waals surface area contributed by atoms with Crippen molar-refractivity contribution in [3.8, 4) is 0 Å². The van der Waals surface area contributed by atoms with E-state index in [1.165, 1.54) is 18.0 Å². The maximum Gasteiger partial charge on any atom is 0.409 e. The van der Waals surface area contributed by atoms with Gasteiger partial charge in [0.15, 0.2) is 0 Å². The van der Waals surface area contributed by atoms with Crippen LogP contribution in [0, 0.1) is 6.92 Å². The Balaban J connectivity index is 1.45. The molecule has 1 aliphatic rings. The minimum absolute atomic E-state index is 0.182. The van der Waals surface area contributed by atoms with E-state index in [-0.39, 0.29) is 18.0 Å². The normalized spacial score (nSPS) is 14.3. The number of aryl methyl sites for hydroxylation is 1. The van der Waals surface area contributed by atoms with Crippen LogP contribution in [0.25, 0.3) is 0 Å². The first-order valence-electron chi connectivity index (χ1n) is 9.89. The fourth-order valence-electron chi connectivity index (χ4n) is 3.11. The summed E-state index contributed by atoms with van der Waals surface area (Å²) in [6.07, 6.45) is 4.37. The summed E-state index contributed by atoms with van der Waals surface area (Å²) < 4.78 is 5.03. The average molecular weight is 397 g/mol. The molecule has 154 valence electrons. The first-order chi connectivity index (χ1) is 14.0. The van der Waals surface area contributed by atoms with Crippen LogP contribution in [-0.2, 0) is 11.3 Å². The minimum Gasteiger partial charge on any atom is -0.450 e. The smallest absolute Gasteiger partial charge is 0.409 e. The molecule has 1 saturated heterocycles. The highest BCUT2D eigenvalue weighted by molar-refractivity contribution is 5.93. The Morgan fingerprint density at radius 2 is 1.79 bits per heavy atom. The van der Waals surface area contributed by atoms with Gasteiger partial charge < -0.3 is 20.3 Å². The number of benzene rings is 1. The van der Waals surface area contributed by atoms with E-state index in [0.29, 0.717) is 37.8 Å². The number of anilines is 1. The van der Waals surface area contributed by atoms with Gasteiger partial charge in [0.05, 0.1) is 12.2 Å². The molecule has 1 aromatic carbocycles. The Hall–Kier alpha value is -3.16. The molecule has 1 aliphatic heterocycles. The molecule has 0 spiro atoms. The van der Waals surface area contributed by atoms with E-state index in [2.05, 4.69) is 20.6 Å². The molecule has 2 N–H and O–H groups in total. The fourth-order valence-corrected chi connectivity index (χ4v) is 3.11. The number of carbonyl (C=O) groups is 2. The van der Waals surface area contributed by atoms with Crippen LogP contribution in [0.3, 0.4) is 0 Å². The topological polar surface area (TPSA) is 96.5 Å². The zero-order valence-electron chi connectivity index (χ0n) is 16.9. The first-order valence-corrected chi connectivity index (χ1v) is 9.89. The number of amides is 2. The summed E-state index contributed by atoms with van der Waals surface area (Å²) >= 11 is 0.